The fourth-order valence-corrected chi connectivity index (χ4v) is 2.14. The molecule has 0 radical (unpaired) electrons. The Labute approximate surface area is 86.6 Å². The van der Waals surface area contributed by atoms with Gasteiger partial charge in [-0.15, -0.1) is 0 Å². The molecule has 0 heterocycles. The molecule has 1 fully saturated rings. The maximum absolute atomic E-state index is 11.2. The average Bonchev–Trinajstić information content (AvgIpc) is 2.46. The van der Waals surface area contributed by atoms with E-state index < -0.39 is 0 Å². The smallest absolute Gasteiger partial charge is 0.233 e. The molecule has 0 aromatic rings. The molecule has 0 spiro atoms. The highest BCUT2D eigenvalue weighted by molar-refractivity contribution is 5.77. The van der Waals surface area contributed by atoms with Crippen LogP contribution in [0.15, 0.2) is 0 Å². The highest BCUT2D eigenvalue weighted by Gasteiger charge is 2.29. The topological polar surface area (TPSA) is 41.1 Å². The summed E-state index contributed by atoms with van der Waals surface area (Å²) in [7, 11) is 0. The summed E-state index contributed by atoms with van der Waals surface area (Å²) in [6.07, 6.45) is 2.50. The third-order valence-electron chi connectivity index (χ3n) is 3.36. The lowest BCUT2D eigenvalue weighted by Gasteiger charge is -2.19. The Hall–Kier alpha value is -0.570. The van der Waals surface area contributed by atoms with Crippen molar-refractivity contribution in [2.75, 3.05) is 13.1 Å². The second kappa shape index (κ2) is 5.35. The van der Waals surface area contributed by atoms with Crippen LogP contribution >= 0.6 is 0 Å². The lowest BCUT2D eigenvalue weighted by atomic mass is 9.98. The van der Waals surface area contributed by atoms with Crippen molar-refractivity contribution in [1.82, 2.24) is 10.6 Å². The molecule has 0 aromatic carbocycles. The van der Waals surface area contributed by atoms with Gasteiger partial charge in [0.25, 0.3) is 0 Å². The van der Waals surface area contributed by atoms with Gasteiger partial charge in [0, 0.05) is 12.6 Å². The molecule has 1 amide bonds. The molecule has 3 nitrogen and oxygen atoms in total. The van der Waals surface area contributed by atoms with Gasteiger partial charge >= 0.3 is 0 Å². The van der Waals surface area contributed by atoms with Crippen molar-refractivity contribution in [2.24, 2.45) is 11.8 Å². The molecule has 0 aromatic heterocycles. The van der Waals surface area contributed by atoms with Crippen LogP contribution in [0.1, 0.15) is 33.6 Å². The highest BCUT2D eigenvalue weighted by atomic mass is 16.1. The van der Waals surface area contributed by atoms with Crippen molar-refractivity contribution in [3.8, 4) is 0 Å². The maximum atomic E-state index is 11.2. The Morgan fingerprint density at radius 2 is 2.07 bits per heavy atom. The van der Waals surface area contributed by atoms with Crippen LogP contribution in [0.5, 0.6) is 0 Å². The minimum atomic E-state index is 0.110. The van der Waals surface area contributed by atoms with Gasteiger partial charge < -0.3 is 10.6 Å². The molecular weight excluding hydrogens is 176 g/mol. The number of amides is 1. The van der Waals surface area contributed by atoms with E-state index in [0.29, 0.717) is 18.5 Å². The Morgan fingerprint density at radius 1 is 1.36 bits per heavy atom. The molecule has 0 aliphatic heterocycles. The first kappa shape index (κ1) is 11.5. The minimum absolute atomic E-state index is 0.110. The molecule has 3 atom stereocenters. The molecule has 0 bridgehead atoms. The summed E-state index contributed by atoms with van der Waals surface area (Å²) in [5.74, 6) is 1.60. The summed E-state index contributed by atoms with van der Waals surface area (Å²) in [5.41, 5.74) is 0. The van der Waals surface area contributed by atoms with Crippen LogP contribution in [0.3, 0.4) is 0 Å². The zero-order valence-corrected chi connectivity index (χ0v) is 9.47. The van der Waals surface area contributed by atoms with Crippen molar-refractivity contribution in [3.63, 3.8) is 0 Å². The predicted octanol–water partition coefficient (Wildman–Crippen LogP) is 1.15. The van der Waals surface area contributed by atoms with Crippen LogP contribution in [-0.2, 0) is 4.79 Å². The molecule has 14 heavy (non-hydrogen) atoms. The largest absolute Gasteiger partial charge is 0.355 e. The molecule has 3 heteroatoms. The van der Waals surface area contributed by atoms with E-state index in [1.165, 1.54) is 12.8 Å². The van der Waals surface area contributed by atoms with Gasteiger partial charge in [0.2, 0.25) is 5.91 Å². The number of hydrogen-bond donors (Lipinski definition) is 2. The molecule has 1 aliphatic carbocycles. The second-order valence-electron chi connectivity index (χ2n) is 4.35. The van der Waals surface area contributed by atoms with Gasteiger partial charge in [-0.25, -0.2) is 0 Å². The van der Waals surface area contributed by atoms with Gasteiger partial charge in [0.15, 0.2) is 0 Å². The normalized spacial score (nSPS) is 31.8. The SMILES string of the molecule is CCNC(=O)CNC1CCC(C)C1C. The standard InChI is InChI=1S/C11H22N2O/c1-4-12-11(14)7-13-10-6-5-8(2)9(10)3/h8-10,13H,4-7H2,1-3H3,(H,12,14). The van der Waals surface area contributed by atoms with Gasteiger partial charge in [-0.2, -0.15) is 0 Å². The van der Waals surface area contributed by atoms with Crippen LogP contribution in [0.25, 0.3) is 0 Å². The van der Waals surface area contributed by atoms with Crippen LogP contribution in [0, 0.1) is 11.8 Å². The van der Waals surface area contributed by atoms with Gasteiger partial charge in [-0.05, 0) is 31.6 Å². The maximum Gasteiger partial charge on any atom is 0.233 e. The second-order valence-corrected chi connectivity index (χ2v) is 4.35. The molecule has 0 saturated heterocycles. The lowest BCUT2D eigenvalue weighted by molar-refractivity contribution is -0.120. The zero-order valence-electron chi connectivity index (χ0n) is 9.47. The molecule has 82 valence electrons. The van der Waals surface area contributed by atoms with E-state index in [1.807, 2.05) is 6.92 Å². The monoisotopic (exact) mass is 198 g/mol. The Balaban J connectivity index is 2.22. The number of nitrogens with one attached hydrogen (secondary N) is 2. The fourth-order valence-electron chi connectivity index (χ4n) is 2.14. The predicted molar refractivity (Wildman–Crippen MR) is 58.0 cm³/mol. The van der Waals surface area contributed by atoms with Crippen LogP contribution in [0.4, 0.5) is 0 Å². The molecular formula is C11H22N2O. The summed E-state index contributed by atoms with van der Waals surface area (Å²) in [5, 5.41) is 6.13. The molecule has 1 aliphatic rings. The molecule has 1 rings (SSSR count). The van der Waals surface area contributed by atoms with E-state index in [0.717, 1.165) is 12.5 Å². The number of likely N-dealkylation sites (N-methyl/N-ethyl adjacent to an activating group) is 1. The first-order chi connectivity index (χ1) is 6.65. The summed E-state index contributed by atoms with van der Waals surface area (Å²) >= 11 is 0. The van der Waals surface area contributed by atoms with Crippen molar-refractivity contribution < 1.29 is 4.79 Å². The third kappa shape index (κ3) is 2.98. The summed E-state index contributed by atoms with van der Waals surface area (Å²) in [6, 6.07) is 0.535. The minimum Gasteiger partial charge on any atom is -0.355 e. The Kier molecular flexibility index (Phi) is 4.39. The molecule has 1 saturated carbocycles. The molecule has 3 unspecified atom stereocenters. The van der Waals surface area contributed by atoms with Crippen LogP contribution < -0.4 is 10.6 Å². The van der Waals surface area contributed by atoms with E-state index in [4.69, 9.17) is 0 Å². The first-order valence-electron chi connectivity index (χ1n) is 5.65. The molecule has 2 N–H and O–H groups in total. The third-order valence-corrected chi connectivity index (χ3v) is 3.36. The van der Waals surface area contributed by atoms with Crippen LogP contribution in [0.2, 0.25) is 0 Å². The van der Waals surface area contributed by atoms with E-state index in [9.17, 15) is 4.79 Å². The summed E-state index contributed by atoms with van der Waals surface area (Å²) in [4.78, 5) is 11.2. The van der Waals surface area contributed by atoms with Gasteiger partial charge in [0.05, 0.1) is 6.54 Å². The van der Waals surface area contributed by atoms with Crippen molar-refractivity contribution in [3.05, 3.63) is 0 Å². The quantitative estimate of drug-likeness (QED) is 0.711. The lowest BCUT2D eigenvalue weighted by Crippen LogP contribution is -2.40. The summed E-state index contributed by atoms with van der Waals surface area (Å²) < 4.78 is 0. The average molecular weight is 198 g/mol. The van der Waals surface area contributed by atoms with Crippen molar-refractivity contribution in [2.45, 2.75) is 39.7 Å². The Bertz CT molecular complexity index is 194. The van der Waals surface area contributed by atoms with Crippen molar-refractivity contribution >= 4 is 5.91 Å². The fraction of sp³-hybridized carbons (Fsp3) is 0.909. The Morgan fingerprint density at radius 3 is 2.57 bits per heavy atom. The van der Waals surface area contributed by atoms with Gasteiger partial charge in [-0.1, -0.05) is 13.8 Å². The van der Waals surface area contributed by atoms with E-state index in [2.05, 4.69) is 24.5 Å². The van der Waals surface area contributed by atoms with Crippen LogP contribution in [-0.4, -0.2) is 25.0 Å². The zero-order chi connectivity index (χ0) is 10.6. The van der Waals surface area contributed by atoms with E-state index in [1.54, 1.807) is 0 Å². The highest BCUT2D eigenvalue weighted by Crippen LogP contribution is 2.30. The number of rotatable bonds is 4. The number of carbonyl (C=O) groups excluding carboxylic acids is 1. The number of hydrogen-bond acceptors (Lipinski definition) is 2. The first-order valence-corrected chi connectivity index (χ1v) is 5.65. The van der Waals surface area contributed by atoms with Gasteiger partial charge in [-0.3, -0.25) is 4.79 Å². The van der Waals surface area contributed by atoms with E-state index >= 15 is 0 Å². The summed E-state index contributed by atoms with van der Waals surface area (Å²) in [6.45, 7) is 7.69. The number of carbonyl (C=O) groups is 1. The van der Waals surface area contributed by atoms with E-state index in [-0.39, 0.29) is 5.91 Å². The van der Waals surface area contributed by atoms with Crippen molar-refractivity contribution in [1.29, 1.82) is 0 Å². The van der Waals surface area contributed by atoms with Gasteiger partial charge in [0.1, 0.15) is 0 Å².